The van der Waals surface area contributed by atoms with Crippen molar-refractivity contribution in [2.24, 2.45) is 5.92 Å². The summed E-state index contributed by atoms with van der Waals surface area (Å²) in [5.41, 5.74) is 2.19. The number of aliphatic carboxylic acids is 1. The Morgan fingerprint density at radius 1 is 1.41 bits per heavy atom. The lowest BCUT2D eigenvalue weighted by Gasteiger charge is -2.47. The van der Waals surface area contributed by atoms with E-state index in [0.717, 1.165) is 11.3 Å². The molecule has 0 fully saturated rings. The molecular formula is C14H17NO2. The van der Waals surface area contributed by atoms with Gasteiger partial charge in [-0.2, -0.15) is 0 Å². The molecule has 17 heavy (non-hydrogen) atoms. The fourth-order valence-corrected chi connectivity index (χ4v) is 2.57. The molecule has 1 aromatic carbocycles. The number of para-hydroxylation sites is 1. The number of fused-ring (bicyclic) bond motifs is 1. The van der Waals surface area contributed by atoms with Gasteiger partial charge in [-0.05, 0) is 25.5 Å². The van der Waals surface area contributed by atoms with Crippen LogP contribution in [0.2, 0.25) is 0 Å². The molecule has 0 radical (unpaired) electrons. The molecule has 1 heterocycles. The Morgan fingerprint density at radius 3 is 2.59 bits per heavy atom. The van der Waals surface area contributed by atoms with E-state index in [2.05, 4.69) is 6.58 Å². The number of rotatable bonds is 1. The van der Waals surface area contributed by atoms with E-state index in [9.17, 15) is 9.90 Å². The zero-order valence-electron chi connectivity index (χ0n) is 10.4. The number of carboxylic acids is 1. The highest BCUT2D eigenvalue weighted by Crippen LogP contribution is 2.45. The smallest absolute Gasteiger partial charge is 0.313 e. The van der Waals surface area contributed by atoms with Gasteiger partial charge < -0.3 is 10.0 Å². The number of nitrogens with zero attached hydrogens (tertiary/aromatic N) is 1. The van der Waals surface area contributed by atoms with Gasteiger partial charge in [0, 0.05) is 18.3 Å². The van der Waals surface area contributed by atoms with E-state index in [1.807, 2.05) is 50.1 Å². The highest BCUT2D eigenvalue weighted by atomic mass is 16.4. The number of carboxylic acid groups (broad SMARTS) is 1. The summed E-state index contributed by atoms with van der Waals surface area (Å²) in [7, 11) is 1.93. The highest BCUT2D eigenvalue weighted by molar-refractivity contribution is 5.94. The second kappa shape index (κ2) is 3.62. The summed E-state index contributed by atoms with van der Waals surface area (Å²) in [6, 6.07) is 7.80. The van der Waals surface area contributed by atoms with Crippen molar-refractivity contribution in [3.8, 4) is 0 Å². The van der Waals surface area contributed by atoms with Gasteiger partial charge in [-0.3, -0.25) is 4.79 Å². The number of hydrogen-bond donors (Lipinski definition) is 1. The van der Waals surface area contributed by atoms with Gasteiger partial charge >= 0.3 is 5.97 Å². The Hall–Kier alpha value is -1.77. The Labute approximate surface area is 101 Å². The summed E-state index contributed by atoms with van der Waals surface area (Å²) in [6.45, 7) is 7.86. The SMILES string of the molecule is C=C1c2ccccc2N(C)C(C)(C)C1C(=O)O. The summed E-state index contributed by atoms with van der Waals surface area (Å²) < 4.78 is 0. The van der Waals surface area contributed by atoms with Gasteiger partial charge in [-0.15, -0.1) is 0 Å². The first-order chi connectivity index (χ1) is 7.87. The molecule has 0 amide bonds. The lowest BCUT2D eigenvalue weighted by atomic mass is 9.74. The van der Waals surface area contributed by atoms with E-state index in [0.29, 0.717) is 5.57 Å². The maximum Gasteiger partial charge on any atom is 0.313 e. The fraction of sp³-hybridized carbons (Fsp3) is 0.357. The zero-order chi connectivity index (χ0) is 12.8. The van der Waals surface area contributed by atoms with Crippen LogP contribution in [0.1, 0.15) is 19.4 Å². The van der Waals surface area contributed by atoms with Gasteiger partial charge in [0.05, 0.1) is 5.54 Å². The minimum absolute atomic E-state index is 0.475. The summed E-state index contributed by atoms with van der Waals surface area (Å²) in [4.78, 5) is 13.5. The van der Waals surface area contributed by atoms with E-state index in [4.69, 9.17) is 0 Å². The number of anilines is 1. The summed E-state index contributed by atoms with van der Waals surface area (Å²) in [5.74, 6) is -1.40. The van der Waals surface area contributed by atoms with Crippen molar-refractivity contribution in [2.75, 3.05) is 11.9 Å². The molecule has 1 atom stereocenters. The van der Waals surface area contributed by atoms with Crippen LogP contribution in [-0.4, -0.2) is 23.7 Å². The molecule has 0 saturated carbocycles. The van der Waals surface area contributed by atoms with Crippen LogP contribution in [-0.2, 0) is 4.79 Å². The van der Waals surface area contributed by atoms with Gasteiger partial charge in [0.1, 0.15) is 5.92 Å². The number of carbonyl (C=O) groups is 1. The van der Waals surface area contributed by atoms with Gasteiger partial charge in [0.15, 0.2) is 0 Å². The summed E-state index contributed by atoms with van der Waals surface area (Å²) in [5, 5.41) is 9.40. The Bertz CT molecular complexity index is 491. The second-order valence-corrected chi connectivity index (χ2v) is 5.03. The molecule has 1 aliphatic heterocycles. The molecule has 90 valence electrons. The third-order valence-electron chi connectivity index (χ3n) is 3.78. The second-order valence-electron chi connectivity index (χ2n) is 5.03. The lowest BCUT2D eigenvalue weighted by Crippen LogP contribution is -2.53. The van der Waals surface area contributed by atoms with Crippen LogP contribution < -0.4 is 4.90 Å². The van der Waals surface area contributed by atoms with Crippen LogP contribution in [0.5, 0.6) is 0 Å². The first-order valence-corrected chi connectivity index (χ1v) is 5.62. The quantitative estimate of drug-likeness (QED) is 0.807. The van der Waals surface area contributed by atoms with Crippen molar-refractivity contribution in [3.05, 3.63) is 36.4 Å². The first-order valence-electron chi connectivity index (χ1n) is 5.62. The van der Waals surface area contributed by atoms with E-state index < -0.39 is 17.4 Å². The molecule has 2 rings (SSSR count). The molecule has 3 heteroatoms. The molecule has 0 saturated heterocycles. The van der Waals surface area contributed by atoms with Crippen LogP contribution in [0.3, 0.4) is 0 Å². The topological polar surface area (TPSA) is 40.5 Å². The van der Waals surface area contributed by atoms with Crippen LogP contribution in [0.4, 0.5) is 5.69 Å². The molecular weight excluding hydrogens is 214 g/mol. The molecule has 1 aliphatic rings. The van der Waals surface area contributed by atoms with Gasteiger partial charge in [0.25, 0.3) is 0 Å². The van der Waals surface area contributed by atoms with Crippen molar-refractivity contribution in [2.45, 2.75) is 19.4 Å². The average molecular weight is 231 g/mol. The molecule has 1 N–H and O–H groups in total. The normalized spacial score (nSPS) is 22.2. The minimum atomic E-state index is -0.818. The Balaban J connectivity index is 2.65. The fourth-order valence-electron chi connectivity index (χ4n) is 2.57. The highest BCUT2D eigenvalue weighted by Gasteiger charge is 2.45. The third kappa shape index (κ3) is 1.54. The van der Waals surface area contributed by atoms with Crippen molar-refractivity contribution in [1.82, 2.24) is 0 Å². The van der Waals surface area contributed by atoms with Crippen molar-refractivity contribution < 1.29 is 9.90 Å². The lowest BCUT2D eigenvalue weighted by molar-refractivity contribution is -0.141. The van der Waals surface area contributed by atoms with Crippen LogP contribution >= 0.6 is 0 Å². The third-order valence-corrected chi connectivity index (χ3v) is 3.78. The van der Waals surface area contributed by atoms with Gasteiger partial charge in [-0.25, -0.2) is 0 Å². The van der Waals surface area contributed by atoms with Gasteiger partial charge in [-0.1, -0.05) is 24.8 Å². The molecule has 1 aromatic rings. The van der Waals surface area contributed by atoms with Crippen LogP contribution in [0.15, 0.2) is 30.8 Å². The minimum Gasteiger partial charge on any atom is -0.481 e. The number of hydrogen-bond acceptors (Lipinski definition) is 2. The largest absolute Gasteiger partial charge is 0.481 e. The van der Waals surface area contributed by atoms with Crippen molar-refractivity contribution >= 4 is 17.2 Å². The zero-order valence-corrected chi connectivity index (χ0v) is 10.4. The molecule has 1 unspecified atom stereocenters. The summed E-state index contributed by atoms with van der Waals surface area (Å²) in [6.07, 6.45) is 0. The Kier molecular flexibility index (Phi) is 2.49. The molecule has 0 aromatic heterocycles. The van der Waals surface area contributed by atoms with E-state index in [1.165, 1.54) is 0 Å². The van der Waals surface area contributed by atoms with E-state index in [1.54, 1.807) is 0 Å². The molecule has 0 bridgehead atoms. The molecule has 0 spiro atoms. The average Bonchev–Trinajstić information content (AvgIpc) is 2.25. The van der Waals surface area contributed by atoms with E-state index in [-0.39, 0.29) is 0 Å². The standard InChI is InChI=1S/C14H17NO2/c1-9-10-7-5-6-8-11(10)15(4)14(2,3)12(9)13(16)17/h5-8,12H,1H2,2-4H3,(H,16,17). The van der Waals surface area contributed by atoms with Crippen LogP contribution in [0, 0.1) is 5.92 Å². The monoisotopic (exact) mass is 231 g/mol. The molecule has 3 nitrogen and oxygen atoms in total. The maximum atomic E-state index is 11.4. The predicted molar refractivity (Wildman–Crippen MR) is 69.1 cm³/mol. The maximum absolute atomic E-state index is 11.4. The van der Waals surface area contributed by atoms with Crippen molar-refractivity contribution in [3.63, 3.8) is 0 Å². The number of benzene rings is 1. The summed E-state index contributed by atoms with van der Waals surface area (Å²) >= 11 is 0. The van der Waals surface area contributed by atoms with Gasteiger partial charge in [0.2, 0.25) is 0 Å². The predicted octanol–water partition coefficient (Wildman–Crippen LogP) is 2.63. The first kappa shape index (κ1) is 11.7. The molecule has 0 aliphatic carbocycles. The van der Waals surface area contributed by atoms with Crippen LogP contribution in [0.25, 0.3) is 5.57 Å². The van der Waals surface area contributed by atoms with Crippen molar-refractivity contribution in [1.29, 1.82) is 0 Å². The Morgan fingerprint density at radius 2 is 2.00 bits per heavy atom. The van der Waals surface area contributed by atoms with E-state index >= 15 is 0 Å².